The molecule has 2 aromatic carbocycles. The highest BCUT2D eigenvalue weighted by molar-refractivity contribution is 6.03. The number of halogens is 2. The lowest BCUT2D eigenvalue weighted by Crippen LogP contribution is -2.20. The fourth-order valence-electron chi connectivity index (χ4n) is 2.63. The zero-order valence-electron chi connectivity index (χ0n) is 15.3. The highest BCUT2D eigenvalue weighted by atomic mass is 19.1. The summed E-state index contributed by atoms with van der Waals surface area (Å²) in [7, 11) is 0. The molecule has 1 aromatic heterocycles. The minimum atomic E-state index is -0.469. The Morgan fingerprint density at radius 1 is 0.929 bits per heavy atom. The largest absolute Gasteiger partial charge is 0.324 e. The third-order valence-electron chi connectivity index (χ3n) is 4.08. The smallest absolute Gasteiger partial charge is 0.276 e. The van der Waals surface area contributed by atoms with Crippen molar-refractivity contribution in [2.75, 3.05) is 10.6 Å². The van der Waals surface area contributed by atoms with Crippen LogP contribution >= 0.6 is 0 Å². The maximum absolute atomic E-state index is 13.1. The first kappa shape index (κ1) is 19.2. The molecule has 3 aromatic rings. The Labute approximate surface area is 160 Å². The predicted octanol–water partition coefficient (Wildman–Crippen LogP) is 3.67. The number of hydrogen-bond donors (Lipinski definition) is 2. The van der Waals surface area contributed by atoms with Crippen LogP contribution in [-0.2, 0) is 11.3 Å². The number of carbonyl (C=O) groups excluding carboxylic acids is 2. The van der Waals surface area contributed by atoms with E-state index in [0.717, 1.165) is 0 Å². The second kappa shape index (κ2) is 7.99. The van der Waals surface area contributed by atoms with Gasteiger partial charge in [-0.25, -0.2) is 8.78 Å². The summed E-state index contributed by atoms with van der Waals surface area (Å²) in [6.45, 7) is 3.26. The van der Waals surface area contributed by atoms with Crippen LogP contribution in [0.5, 0.6) is 0 Å². The van der Waals surface area contributed by atoms with E-state index in [2.05, 4.69) is 15.7 Å². The van der Waals surface area contributed by atoms with Gasteiger partial charge in [0, 0.05) is 17.6 Å². The van der Waals surface area contributed by atoms with Gasteiger partial charge in [-0.3, -0.25) is 14.3 Å². The molecule has 28 heavy (non-hydrogen) atoms. The molecule has 2 N–H and O–H groups in total. The molecule has 144 valence electrons. The summed E-state index contributed by atoms with van der Waals surface area (Å²) in [6.07, 6.45) is 1.50. The van der Waals surface area contributed by atoms with Crippen molar-refractivity contribution in [3.05, 3.63) is 77.1 Å². The number of amides is 2. The number of hydrogen-bond acceptors (Lipinski definition) is 3. The molecule has 1 heterocycles. The number of aromatic nitrogens is 2. The van der Waals surface area contributed by atoms with Gasteiger partial charge in [0.1, 0.15) is 18.2 Å². The SMILES string of the molecule is Cc1cc(F)ccc1NC(=O)Cn1ccc(C(=O)Nc2ccc(F)cc2C)n1. The number of carbonyl (C=O) groups is 2. The van der Waals surface area contributed by atoms with E-state index in [0.29, 0.717) is 22.5 Å². The zero-order chi connectivity index (χ0) is 20.3. The summed E-state index contributed by atoms with van der Waals surface area (Å²) in [5.74, 6) is -1.60. The highest BCUT2D eigenvalue weighted by Gasteiger charge is 2.13. The zero-order valence-corrected chi connectivity index (χ0v) is 15.3. The van der Waals surface area contributed by atoms with Crippen LogP contribution in [0.25, 0.3) is 0 Å². The fourth-order valence-corrected chi connectivity index (χ4v) is 2.63. The molecule has 0 unspecified atom stereocenters. The molecule has 0 saturated carbocycles. The van der Waals surface area contributed by atoms with Gasteiger partial charge in [-0.15, -0.1) is 0 Å². The van der Waals surface area contributed by atoms with E-state index < -0.39 is 5.91 Å². The van der Waals surface area contributed by atoms with Gasteiger partial charge in [-0.05, 0) is 67.4 Å². The van der Waals surface area contributed by atoms with Crippen LogP contribution in [0.2, 0.25) is 0 Å². The number of nitrogens with zero attached hydrogens (tertiary/aromatic N) is 2. The first-order valence-corrected chi connectivity index (χ1v) is 8.49. The molecular formula is C20H18F2N4O2. The molecule has 0 aliphatic heterocycles. The van der Waals surface area contributed by atoms with Crippen molar-refractivity contribution in [2.24, 2.45) is 0 Å². The van der Waals surface area contributed by atoms with Crippen LogP contribution in [0.15, 0.2) is 48.7 Å². The van der Waals surface area contributed by atoms with Crippen molar-refractivity contribution >= 4 is 23.2 Å². The van der Waals surface area contributed by atoms with Gasteiger partial charge in [0.05, 0.1) is 0 Å². The first-order valence-electron chi connectivity index (χ1n) is 8.49. The van der Waals surface area contributed by atoms with Crippen molar-refractivity contribution in [1.29, 1.82) is 0 Å². The van der Waals surface area contributed by atoms with E-state index >= 15 is 0 Å². The number of rotatable bonds is 5. The molecule has 8 heteroatoms. The van der Waals surface area contributed by atoms with Gasteiger partial charge < -0.3 is 10.6 Å². The van der Waals surface area contributed by atoms with Crippen LogP contribution in [0, 0.1) is 25.5 Å². The van der Waals surface area contributed by atoms with Crippen molar-refractivity contribution in [1.82, 2.24) is 9.78 Å². The van der Waals surface area contributed by atoms with Crippen molar-refractivity contribution in [3.8, 4) is 0 Å². The summed E-state index contributed by atoms with van der Waals surface area (Å²) >= 11 is 0. The molecule has 0 fully saturated rings. The third kappa shape index (κ3) is 4.59. The molecule has 0 aliphatic carbocycles. The van der Waals surface area contributed by atoms with Gasteiger partial charge in [0.25, 0.3) is 5.91 Å². The van der Waals surface area contributed by atoms with Crippen molar-refractivity contribution < 1.29 is 18.4 Å². The maximum Gasteiger partial charge on any atom is 0.276 e. The van der Waals surface area contributed by atoms with Gasteiger partial charge in [0.15, 0.2) is 5.69 Å². The van der Waals surface area contributed by atoms with Crippen molar-refractivity contribution in [3.63, 3.8) is 0 Å². The molecule has 6 nitrogen and oxygen atoms in total. The average molecular weight is 384 g/mol. The predicted molar refractivity (Wildman–Crippen MR) is 101 cm³/mol. The normalized spacial score (nSPS) is 10.6. The summed E-state index contributed by atoms with van der Waals surface area (Å²) in [5.41, 5.74) is 2.29. The van der Waals surface area contributed by atoms with E-state index in [4.69, 9.17) is 0 Å². The second-order valence-electron chi connectivity index (χ2n) is 6.32. The average Bonchev–Trinajstić information content (AvgIpc) is 3.08. The second-order valence-corrected chi connectivity index (χ2v) is 6.32. The number of benzene rings is 2. The molecular weight excluding hydrogens is 366 g/mol. The van der Waals surface area contributed by atoms with Gasteiger partial charge in [-0.1, -0.05) is 0 Å². The Kier molecular flexibility index (Phi) is 5.49. The topological polar surface area (TPSA) is 76.0 Å². The van der Waals surface area contributed by atoms with Crippen molar-refractivity contribution in [2.45, 2.75) is 20.4 Å². The third-order valence-corrected chi connectivity index (χ3v) is 4.08. The summed E-state index contributed by atoms with van der Waals surface area (Å²) in [4.78, 5) is 24.5. The van der Waals surface area contributed by atoms with Crippen LogP contribution in [0.3, 0.4) is 0 Å². The Balaban J connectivity index is 1.63. The van der Waals surface area contributed by atoms with E-state index in [1.54, 1.807) is 13.8 Å². The number of anilines is 2. The van der Waals surface area contributed by atoms with Gasteiger partial charge in [-0.2, -0.15) is 5.10 Å². The lowest BCUT2D eigenvalue weighted by atomic mass is 10.2. The Morgan fingerprint density at radius 2 is 1.50 bits per heavy atom. The van der Waals surface area contributed by atoms with E-state index in [9.17, 15) is 18.4 Å². The highest BCUT2D eigenvalue weighted by Crippen LogP contribution is 2.17. The van der Waals surface area contributed by atoms with Gasteiger partial charge >= 0.3 is 0 Å². The quantitative estimate of drug-likeness (QED) is 0.705. The van der Waals surface area contributed by atoms with E-state index in [1.807, 2.05) is 0 Å². The molecule has 0 saturated heterocycles. The van der Waals surface area contributed by atoms with Crippen LogP contribution in [0.1, 0.15) is 21.6 Å². The van der Waals surface area contributed by atoms with E-state index in [1.165, 1.54) is 53.3 Å². The van der Waals surface area contributed by atoms with Crippen LogP contribution in [-0.4, -0.2) is 21.6 Å². The summed E-state index contributed by atoms with van der Waals surface area (Å²) in [5, 5.41) is 9.41. The standard InChI is InChI=1S/C20H18F2N4O2/c1-12-9-14(21)3-5-16(12)23-19(27)11-26-8-7-18(25-26)20(28)24-17-6-4-15(22)10-13(17)2/h3-10H,11H2,1-2H3,(H,23,27)(H,24,28). The Hall–Kier alpha value is -3.55. The van der Waals surface area contributed by atoms with Gasteiger partial charge in [0.2, 0.25) is 5.91 Å². The van der Waals surface area contributed by atoms with Crippen LogP contribution in [0.4, 0.5) is 20.2 Å². The summed E-state index contributed by atoms with van der Waals surface area (Å²) in [6, 6.07) is 9.58. The minimum Gasteiger partial charge on any atom is -0.324 e. The molecule has 0 bridgehead atoms. The molecule has 0 atom stereocenters. The van der Waals surface area contributed by atoms with E-state index in [-0.39, 0.29) is 29.8 Å². The lowest BCUT2D eigenvalue weighted by molar-refractivity contribution is -0.116. The Morgan fingerprint density at radius 3 is 2.07 bits per heavy atom. The molecule has 2 amide bonds. The fraction of sp³-hybridized carbons (Fsp3) is 0.150. The first-order chi connectivity index (χ1) is 13.3. The lowest BCUT2D eigenvalue weighted by Gasteiger charge is -2.08. The maximum atomic E-state index is 13.1. The molecule has 3 rings (SSSR count). The minimum absolute atomic E-state index is 0.111. The monoisotopic (exact) mass is 384 g/mol. The molecule has 0 aliphatic rings. The molecule has 0 spiro atoms. The summed E-state index contributed by atoms with van der Waals surface area (Å²) < 4.78 is 27.6. The number of aryl methyl sites for hydroxylation is 2. The Bertz CT molecular complexity index is 1050. The molecule has 0 radical (unpaired) electrons. The van der Waals surface area contributed by atoms with Crippen LogP contribution < -0.4 is 10.6 Å². The number of nitrogens with one attached hydrogen (secondary N) is 2.